The summed E-state index contributed by atoms with van der Waals surface area (Å²) in [6.45, 7) is 2.29. The van der Waals surface area contributed by atoms with Crippen LogP contribution in [0.4, 0.5) is 0 Å². The van der Waals surface area contributed by atoms with E-state index in [4.69, 9.17) is 11.6 Å². The molecule has 3 rings (SSSR count). The monoisotopic (exact) mass is 379 g/mol. The van der Waals surface area contributed by atoms with E-state index in [0.717, 1.165) is 32.1 Å². The molecule has 3 nitrogen and oxygen atoms in total. The summed E-state index contributed by atoms with van der Waals surface area (Å²) in [5.74, 6) is 0. The summed E-state index contributed by atoms with van der Waals surface area (Å²) in [5.41, 5.74) is 0.451. The van der Waals surface area contributed by atoms with E-state index >= 15 is 0 Å². The van der Waals surface area contributed by atoms with Gasteiger partial charge in [-0.2, -0.15) is 0 Å². The molecule has 0 saturated carbocycles. The van der Waals surface area contributed by atoms with E-state index in [1.54, 1.807) is 0 Å². The second-order valence-electron chi connectivity index (χ2n) is 6.19. The van der Waals surface area contributed by atoms with Crippen LogP contribution in [0.2, 0.25) is 5.02 Å². The van der Waals surface area contributed by atoms with E-state index in [1.807, 2.05) is 43.3 Å². The van der Waals surface area contributed by atoms with Crippen LogP contribution in [0, 0.1) is 0 Å². The molecule has 25 heavy (non-hydrogen) atoms. The van der Waals surface area contributed by atoms with Crippen molar-refractivity contribution in [1.82, 2.24) is 5.32 Å². The first-order valence-corrected chi connectivity index (χ1v) is 8.58. The molecule has 3 aromatic rings. The van der Waals surface area contributed by atoms with Crippen LogP contribution < -0.4 is 5.32 Å². The van der Waals surface area contributed by atoms with Gasteiger partial charge in [-0.3, -0.25) is 0 Å². The zero-order chi connectivity index (χ0) is 17.2. The molecule has 5 heteroatoms. The Morgan fingerprint density at radius 1 is 0.880 bits per heavy atom. The Balaban J connectivity index is 0.00000225. The predicted octanol–water partition coefficient (Wildman–Crippen LogP) is 4.29. The van der Waals surface area contributed by atoms with Gasteiger partial charge in [0.2, 0.25) is 0 Å². The molecule has 0 amide bonds. The van der Waals surface area contributed by atoms with Crippen molar-refractivity contribution in [1.29, 1.82) is 0 Å². The molecule has 0 aliphatic heterocycles. The highest BCUT2D eigenvalue weighted by Gasteiger charge is 2.26. The number of rotatable bonds is 6. The van der Waals surface area contributed by atoms with Gasteiger partial charge in [0.1, 0.15) is 0 Å². The lowest BCUT2D eigenvalue weighted by Crippen LogP contribution is -2.50. The van der Waals surface area contributed by atoms with Crippen LogP contribution in [0.1, 0.15) is 18.9 Å². The number of aliphatic hydroxyl groups is 2. The van der Waals surface area contributed by atoms with E-state index in [1.165, 1.54) is 0 Å². The Morgan fingerprint density at radius 3 is 1.72 bits per heavy atom. The van der Waals surface area contributed by atoms with Crippen LogP contribution in [0.25, 0.3) is 21.5 Å². The summed E-state index contributed by atoms with van der Waals surface area (Å²) in [5, 5.41) is 27.7. The molecule has 0 heterocycles. The standard InChI is InChI=1S/C20H22ClNO2.ClH/c1-2-20(12-23,13-24)22-11-18-14-7-3-5-9-16(14)19(21)17-10-6-4-8-15(17)18;/h3-10,22-24H,2,11-13H2,1H3;1H. The lowest BCUT2D eigenvalue weighted by atomic mass is 9.94. The van der Waals surface area contributed by atoms with Gasteiger partial charge in [0.25, 0.3) is 0 Å². The predicted molar refractivity (Wildman–Crippen MR) is 108 cm³/mol. The molecule has 0 atom stereocenters. The average Bonchev–Trinajstić information content (AvgIpc) is 2.65. The van der Waals surface area contributed by atoms with Crippen molar-refractivity contribution in [2.24, 2.45) is 0 Å². The maximum atomic E-state index is 9.68. The fraction of sp³-hybridized carbons (Fsp3) is 0.300. The van der Waals surface area contributed by atoms with Crippen LogP contribution in [-0.2, 0) is 6.54 Å². The molecule has 3 aromatic carbocycles. The molecule has 0 saturated heterocycles. The van der Waals surface area contributed by atoms with Gasteiger partial charge < -0.3 is 15.5 Å². The van der Waals surface area contributed by atoms with Crippen molar-refractivity contribution in [3.63, 3.8) is 0 Å². The Hall–Kier alpha value is -1.36. The maximum Gasteiger partial charge on any atom is 0.0648 e. The zero-order valence-corrected chi connectivity index (χ0v) is 15.7. The third-order valence-corrected chi connectivity index (χ3v) is 5.31. The van der Waals surface area contributed by atoms with Gasteiger partial charge >= 0.3 is 0 Å². The number of hydrogen-bond donors (Lipinski definition) is 3. The molecule has 3 N–H and O–H groups in total. The minimum atomic E-state index is -0.679. The summed E-state index contributed by atoms with van der Waals surface area (Å²) >= 11 is 6.62. The van der Waals surface area contributed by atoms with Gasteiger partial charge in [0.05, 0.1) is 23.8 Å². The normalized spacial score (nSPS) is 11.7. The molecule has 0 aromatic heterocycles. The molecule has 0 bridgehead atoms. The van der Waals surface area contributed by atoms with E-state index in [2.05, 4.69) is 17.4 Å². The molecule has 0 aliphatic rings. The second kappa shape index (κ2) is 8.35. The SMILES string of the molecule is CCC(CO)(CO)NCc1c2ccccc2c(Cl)c2ccccc12.Cl. The Labute approximate surface area is 159 Å². The first-order valence-electron chi connectivity index (χ1n) is 8.20. The lowest BCUT2D eigenvalue weighted by molar-refractivity contribution is 0.0866. The van der Waals surface area contributed by atoms with Crippen molar-refractivity contribution in [3.05, 3.63) is 59.1 Å². The van der Waals surface area contributed by atoms with Crippen molar-refractivity contribution >= 4 is 45.6 Å². The maximum absolute atomic E-state index is 9.68. The summed E-state index contributed by atoms with van der Waals surface area (Å²) in [6.07, 6.45) is 0.642. The molecular weight excluding hydrogens is 357 g/mol. The number of fused-ring (bicyclic) bond motifs is 2. The zero-order valence-electron chi connectivity index (χ0n) is 14.1. The average molecular weight is 380 g/mol. The summed E-state index contributed by atoms with van der Waals surface area (Å²) < 4.78 is 0. The minimum absolute atomic E-state index is 0. The first-order chi connectivity index (χ1) is 11.7. The van der Waals surface area contributed by atoms with E-state index in [9.17, 15) is 10.2 Å². The highest BCUT2D eigenvalue weighted by molar-refractivity contribution is 6.41. The van der Waals surface area contributed by atoms with Gasteiger partial charge in [0.15, 0.2) is 0 Å². The lowest BCUT2D eigenvalue weighted by Gasteiger charge is -2.30. The van der Waals surface area contributed by atoms with Gasteiger partial charge in [-0.1, -0.05) is 67.1 Å². The fourth-order valence-electron chi connectivity index (χ4n) is 3.14. The third-order valence-electron chi connectivity index (χ3n) is 4.90. The van der Waals surface area contributed by atoms with Gasteiger partial charge in [0, 0.05) is 17.3 Å². The topological polar surface area (TPSA) is 52.5 Å². The quantitative estimate of drug-likeness (QED) is 0.559. The first kappa shape index (κ1) is 20.0. The third kappa shape index (κ3) is 3.62. The summed E-state index contributed by atoms with van der Waals surface area (Å²) in [6, 6.07) is 16.2. The van der Waals surface area contributed by atoms with Crippen molar-refractivity contribution < 1.29 is 10.2 Å². The van der Waals surface area contributed by atoms with Crippen LogP contribution >= 0.6 is 24.0 Å². The number of nitrogens with one attached hydrogen (secondary N) is 1. The highest BCUT2D eigenvalue weighted by Crippen LogP contribution is 2.36. The van der Waals surface area contributed by atoms with Crippen LogP contribution in [-0.4, -0.2) is 29.0 Å². The van der Waals surface area contributed by atoms with E-state index in [-0.39, 0.29) is 25.6 Å². The van der Waals surface area contributed by atoms with Gasteiger partial charge in [-0.15, -0.1) is 12.4 Å². The number of hydrogen-bond acceptors (Lipinski definition) is 3. The molecule has 0 unspecified atom stereocenters. The molecule has 0 aliphatic carbocycles. The number of benzene rings is 3. The van der Waals surface area contributed by atoms with Crippen molar-refractivity contribution in [2.45, 2.75) is 25.4 Å². The molecule has 0 radical (unpaired) electrons. The van der Waals surface area contributed by atoms with Crippen LogP contribution in [0.3, 0.4) is 0 Å². The highest BCUT2D eigenvalue weighted by atomic mass is 35.5. The summed E-state index contributed by atoms with van der Waals surface area (Å²) in [7, 11) is 0. The van der Waals surface area contributed by atoms with Crippen LogP contribution in [0.5, 0.6) is 0 Å². The Bertz CT molecular complexity index is 798. The van der Waals surface area contributed by atoms with E-state index in [0.29, 0.717) is 13.0 Å². The summed E-state index contributed by atoms with van der Waals surface area (Å²) in [4.78, 5) is 0. The number of aliphatic hydroxyl groups excluding tert-OH is 2. The largest absolute Gasteiger partial charge is 0.394 e. The van der Waals surface area contributed by atoms with Crippen molar-refractivity contribution in [3.8, 4) is 0 Å². The molecular formula is C20H23Cl2NO2. The Kier molecular flexibility index (Phi) is 6.66. The molecule has 0 fully saturated rings. The van der Waals surface area contributed by atoms with Gasteiger partial charge in [-0.05, 0) is 22.8 Å². The smallest absolute Gasteiger partial charge is 0.0648 e. The second-order valence-corrected chi connectivity index (χ2v) is 6.57. The fourth-order valence-corrected chi connectivity index (χ4v) is 3.47. The van der Waals surface area contributed by atoms with Crippen LogP contribution in [0.15, 0.2) is 48.5 Å². The van der Waals surface area contributed by atoms with E-state index < -0.39 is 5.54 Å². The minimum Gasteiger partial charge on any atom is -0.394 e. The Morgan fingerprint density at radius 2 is 1.32 bits per heavy atom. The molecule has 134 valence electrons. The number of halogens is 2. The van der Waals surface area contributed by atoms with Crippen molar-refractivity contribution in [2.75, 3.05) is 13.2 Å². The molecule has 0 spiro atoms. The van der Waals surface area contributed by atoms with Gasteiger partial charge in [-0.25, -0.2) is 0 Å².